The highest BCUT2D eigenvalue weighted by Crippen LogP contribution is 2.34. The molecule has 0 radical (unpaired) electrons. The van der Waals surface area contributed by atoms with Gasteiger partial charge in [0, 0.05) is 23.4 Å². The van der Waals surface area contributed by atoms with Gasteiger partial charge in [-0.3, -0.25) is 0 Å². The fourth-order valence-corrected chi connectivity index (χ4v) is 3.99. The summed E-state index contributed by atoms with van der Waals surface area (Å²) >= 11 is 3.46. The lowest BCUT2D eigenvalue weighted by Gasteiger charge is -2.22. The maximum absolute atomic E-state index is 5.67. The SMILES string of the molecule is CCNC(CSc1nccs1)c1ccc2c(c1)OCCO2. The standard InChI is InChI=1S/C15H18N2O2S2/c1-2-16-12(10-21-15-17-5-8-20-15)11-3-4-13-14(9-11)19-7-6-18-13/h3-5,8-9,12,16H,2,6-7,10H2,1H3. The summed E-state index contributed by atoms with van der Waals surface area (Å²) in [5.74, 6) is 2.63. The van der Waals surface area contributed by atoms with Crippen LogP contribution in [-0.2, 0) is 0 Å². The molecular weight excluding hydrogens is 304 g/mol. The maximum Gasteiger partial charge on any atom is 0.161 e. The summed E-state index contributed by atoms with van der Waals surface area (Å²) in [6.07, 6.45) is 1.85. The first kappa shape index (κ1) is 14.7. The normalized spacial score (nSPS) is 14.9. The largest absolute Gasteiger partial charge is 0.486 e. The number of hydrogen-bond acceptors (Lipinski definition) is 6. The molecule has 3 rings (SSSR count). The lowest BCUT2D eigenvalue weighted by Crippen LogP contribution is -2.23. The Labute approximate surface area is 132 Å². The van der Waals surface area contributed by atoms with E-state index in [4.69, 9.17) is 9.47 Å². The van der Waals surface area contributed by atoms with Crippen LogP contribution in [0.15, 0.2) is 34.1 Å². The van der Waals surface area contributed by atoms with E-state index in [1.165, 1.54) is 5.56 Å². The molecule has 0 amide bonds. The molecular formula is C15H18N2O2S2. The zero-order valence-electron chi connectivity index (χ0n) is 11.9. The average molecular weight is 322 g/mol. The molecule has 0 spiro atoms. The maximum atomic E-state index is 5.67. The molecule has 2 heterocycles. The summed E-state index contributed by atoms with van der Waals surface area (Å²) in [4.78, 5) is 4.32. The van der Waals surface area contributed by atoms with Gasteiger partial charge in [0.15, 0.2) is 11.5 Å². The van der Waals surface area contributed by atoms with Crippen LogP contribution in [0.3, 0.4) is 0 Å². The number of rotatable bonds is 6. The van der Waals surface area contributed by atoms with E-state index in [1.54, 1.807) is 23.1 Å². The van der Waals surface area contributed by atoms with Gasteiger partial charge in [0.05, 0.1) is 0 Å². The fourth-order valence-electron chi connectivity index (χ4n) is 2.23. The van der Waals surface area contributed by atoms with Gasteiger partial charge in [0.2, 0.25) is 0 Å². The molecule has 1 aromatic heterocycles. The van der Waals surface area contributed by atoms with Gasteiger partial charge in [-0.05, 0) is 24.2 Å². The highest BCUT2D eigenvalue weighted by atomic mass is 32.2. The molecule has 1 unspecified atom stereocenters. The number of nitrogens with zero attached hydrogens (tertiary/aromatic N) is 1. The Morgan fingerprint density at radius 2 is 2.19 bits per heavy atom. The van der Waals surface area contributed by atoms with Crippen LogP contribution in [-0.4, -0.2) is 30.5 Å². The molecule has 1 aliphatic heterocycles. The van der Waals surface area contributed by atoms with Crippen LogP contribution in [0.25, 0.3) is 0 Å². The van der Waals surface area contributed by atoms with Gasteiger partial charge in [0.25, 0.3) is 0 Å². The summed E-state index contributed by atoms with van der Waals surface area (Å²) in [6, 6.07) is 6.48. The van der Waals surface area contributed by atoms with Gasteiger partial charge in [-0.15, -0.1) is 11.3 Å². The molecule has 1 aromatic carbocycles. The highest BCUT2D eigenvalue weighted by Gasteiger charge is 2.17. The van der Waals surface area contributed by atoms with E-state index in [9.17, 15) is 0 Å². The van der Waals surface area contributed by atoms with Crippen LogP contribution in [0.4, 0.5) is 0 Å². The molecule has 0 saturated heterocycles. The van der Waals surface area contributed by atoms with E-state index in [0.717, 1.165) is 28.1 Å². The van der Waals surface area contributed by atoms with Crippen LogP contribution in [0, 0.1) is 0 Å². The topological polar surface area (TPSA) is 43.4 Å². The van der Waals surface area contributed by atoms with Gasteiger partial charge in [-0.1, -0.05) is 24.8 Å². The minimum Gasteiger partial charge on any atom is -0.486 e. The van der Waals surface area contributed by atoms with Crippen LogP contribution in [0.5, 0.6) is 11.5 Å². The number of thiazole rings is 1. The summed E-state index contributed by atoms with van der Waals surface area (Å²) in [6.45, 7) is 4.30. The van der Waals surface area contributed by atoms with Crippen LogP contribution in [0.2, 0.25) is 0 Å². The molecule has 2 aromatic rings. The quantitative estimate of drug-likeness (QED) is 0.826. The van der Waals surface area contributed by atoms with Crippen molar-refractivity contribution in [2.75, 3.05) is 25.5 Å². The Hall–Kier alpha value is -1.24. The van der Waals surface area contributed by atoms with Gasteiger partial charge >= 0.3 is 0 Å². The van der Waals surface area contributed by atoms with Crippen molar-refractivity contribution in [3.63, 3.8) is 0 Å². The monoisotopic (exact) mass is 322 g/mol. The predicted octanol–water partition coefficient (Wildman–Crippen LogP) is 3.36. The van der Waals surface area contributed by atoms with Crippen molar-refractivity contribution < 1.29 is 9.47 Å². The van der Waals surface area contributed by atoms with Crippen LogP contribution < -0.4 is 14.8 Å². The summed E-state index contributed by atoms with van der Waals surface area (Å²) in [7, 11) is 0. The molecule has 0 bridgehead atoms. The second-order valence-corrected chi connectivity index (χ2v) is 6.78. The smallest absolute Gasteiger partial charge is 0.161 e. The van der Waals surface area contributed by atoms with Crippen LogP contribution >= 0.6 is 23.1 Å². The lowest BCUT2D eigenvalue weighted by molar-refractivity contribution is 0.171. The third-order valence-electron chi connectivity index (χ3n) is 3.20. The van der Waals surface area contributed by atoms with Gasteiger partial charge < -0.3 is 14.8 Å². The first-order valence-electron chi connectivity index (χ1n) is 7.02. The third-order valence-corrected chi connectivity index (χ3v) is 5.26. The summed E-state index contributed by atoms with van der Waals surface area (Å²) in [5, 5.41) is 5.54. The Morgan fingerprint density at radius 1 is 1.33 bits per heavy atom. The van der Waals surface area contributed by atoms with Gasteiger partial charge in [0.1, 0.15) is 17.6 Å². The molecule has 1 aliphatic rings. The second-order valence-electron chi connectivity index (χ2n) is 4.62. The summed E-state index contributed by atoms with van der Waals surface area (Å²) in [5.41, 5.74) is 1.23. The van der Waals surface area contributed by atoms with Crippen molar-refractivity contribution in [3.8, 4) is 11.5 Å². The van der Waals surface area contributed by atoms with Crippen molar-refractivity contribution >= 4 is 23.1 Å². The van der Waals surface area contributed by atoms with E-state index in [0.29, 0.717) is 13.2 Å². The van der Waals surface area contributed by atoms with E-state index >= 15 is 0 Å². The zero-order chi connectivity index (χ0) is 14.5. The molecule has 1 atom stereocenters. The minimum atomic E-state index is 0.278. The first-order chi connectivity index (χ1) is 10.4. The highest BCUT2D eigenvalue weighted by molar-refractivity contribution is 8.01. The zero-order valence-corrected chi connectivity index (χ0v) is 13.5. The average Bonchev–Trinajstić information content (AvgIpc) is 3.04. The van der Waals surface area contributed by atoms with Gasteiger partial charge in [-0.2, -0.15) is 0 Å². The molecule has 0 saturated carbocycles. The van der Waals surface area contributed by atoms with E-state index in [1.807, 2.05) is 17.6 Å². The lowest BCUT2D eigenvalue weighted by atomic mass is 10.1. The van der Waals surface area contributed by atoms with Crippen molar-refractivity contribution in [2.45, 2.75) is 17.3 Å². The molecule has 0 fully saturated rings. The van der Waals surface area contributed by atoms with E-state index in [2.05, 4.69) is 29.4 Å². The number of benzene rings is 1. The molecule has 112 valence electrons. The Balaban J connectivity index is 1.73. The van der Waals surface area contributed by atoms with Crippen molar-refractivity contribution in [1.82, 2.24) is 10.3 Å². The third kappa shape index (κ3) is 3.70. The van der Waals surface area contributed by atoms with Crippen molar-refractivity contribution in [1.29, 1.82) is 0 Å². The predicted molar refractivity (Wildman–Crippen MR) is 86.7 cm³/mol. The number of hydrogen-bond donors (Lipinski definition) is 1. The Bertz CT molecular complexity index is 575. The number of thioether (sulfide) groups is 1. The molecule has 1 N–H and O–H groups in total. The molecule has 0 aliphatic carbocycles. The van der Waals surface area contributed by atoms with E-state index in [-0.39, 0.29) is 6.04 Å². The van der Waals surface area contributed by atoms with Crippen LogP contribution in [0.1, 0.15) is 18.5 Å². The second kappa shape index (κ2) is 7.15. The van der Waals surface area contributed by atoms with Crippen molar-refractivity contribution in [3.05, 3.63) is 35.3 Å². The van der Waals surface area contributed by atoms with Crippen molar-refractivity contribution in [2.24, 2.45) is 0 Å². The Morgan fingerprint density at radius 3 is 2.95 bits per heavy atom. The fraction of sp³-hybridized carbons (Fsp3) is 0.400. The van der Waals surface area contributed by atoms with Gasteiger partial charge in [-0.25, -0.2) is 4.98 Å². The first-order valence-corrected chi connectivity index (χ1v) is 8.88. The summed E-state index contributed by atoms with van der Waals surface area (Å²) < 4.78 is 12.4. The number of nitrogens with one attached hydrogen (secondary N) is 1. The molecule has 6 heteroatoms. The number of fused-ring (bicyclic) bond motifs is 1. The Kier molecular flexibility index (Phi) is 5.00. The molecule has 4 nitrogen and oxygen atoms in total. The van der Waals surface area contributed by atoms with E-state index < -0.39 is 0 Å². The number of aromatic nitrogens is 1. The molecule has 21 heavy (non-hydrogen) atoms. The number of ether oxygens (including phenoxy) is 2. The minimum absolute atomic E-state index is 0.278.